The number of fused-ring (bicyclic) bond motifs is 1. The van der Waals surface area contributed by atoms with Crippen molar-refractivity contribution in [3.63, 3.8) is 0 Å². The number of pyridine rings is 1. The van der Waals surface area contributed by atoms with E-state index >= 15 is 0 Å². The van der Waals surface area contributed by atoms with E-state index in [0.29, 0.717) is 42.9 Å². The van der Waals surface area contributed by atoms with E-state index in [1.165, 1.54) is 11.1 Å². The number of hydrogen-bond acceptors (Lipinski definition) is 5. The molecule has 33 heavy (non-hydrogen) atoms. The summed E-state index contributed by atoms with van der Waals surface area (Å²) in [6.45, 7) is 12.0. The van der Waals surface area contributed by atoms with E-state index in [-0.39, 0.29) is 22.4 Å². The number of nitrogens with zero attached hydrogens (tertiary/aromatic N) is 1. The molecule has 1 N–H and O–H groups in total. The van der Waals surface area contributed by atoms with Crippen molar-refractivity contribution >= 4 is 11.4 Å². The van der Waals surface area contributed by atoms with Gasteiger partial charge in [-0.1, -0.05) is 52.0 Å². The van der Waals surface area contributed by atoms with Gasteiger partial charge in [0.15, 0.2) is 5.78 Å². The second-order valence-corrected chi connectivity index (χ2v) is 10.5. The molecule has 0 saturated carbocycles. The van der Waals surface area contributed by atoms with Crippen LogP contribution in [0.3, 0.4) is 0 Å². The molecule has 1 aliphatic heterocycles. The summed E-state index contributed by atoms with van der Waals surface area (Å²) < 4.78 is 12.6. The Balaban J connectivity index is 1.63. The molecule has 2 heterocycles. The number of carbonyl (C=O) groups is 1. The van der Waals surface area contributed by atoms with Crippen LogP contribution in [0.4, 0.5) is 0 Å². The van der Waals surface area contributed by atoms with Crippen LogP contribution in [0.25, 0.3) is 5.57 Å². The van der Waals surface area contributed by atoms with Gasteiger partial charge < -0.3 is 14.6 Å². The van der Waals surface area contributed by atoms with Crippen LogP contribution >= 0.6 is 0 Å². The molecule has 1 saturated heterocycles. The number of hydrogen-bond donors (Lipinski definition) is 1. The molecule has 1 aromatic carbocycles. The van der Waals surface area contributed by atoms with Gasteiger partial charge in [-0.15, -0.1) is 0 Å². The van der Waals surface area contributed by atoms with Crippen molar-refractivity contribution in [2.45, 2.75) is 64.1 Å². The Morgan fingerprint density at radius 2 is 1.55 bits per heavy atom. The molecule has 1 fully saturated rings. The third-order valence-corrected chi connectivity index (χ3v) is 7.26. The minimum absolute atomic E-state index is 0.0476. The van der Waals surface area contributed by atoms with Crippen molar-refractivity contribution in [1.82, 2.24) is 4.98 Å². The third kappa shape index (κ3) is 3.37. The molecular formula is C28H31NO4. The van der Waals surface area contributed by atoms with E-state index in [1.807, 2.05) is 12.1 Å². The van der Waals surface area contributed by atoms with Crippen molar-refractivity contribution in [1.29, 1.82) is 0 Å². The SMILES string of the molecule is Cc1cc2c(cc1C1(c3ccc(C4=C(O)CCC4=O)cn3)OCCO1)C(C)(C)C=CC2(C)C. The first-order chi connectivity index (χ1) is 15.6. The lowest BCUT2D eigenvalue weighted by molar-refractivity contribution is -0.133. The zero-order chi connectivity index (χ0) is 23.6. The summed E-state index contributed by atoms with van der Waals surface area (Å²) >= 11 is 0. The van der Waals surface area contributed by atoms with Gasteiger partial charge in [0.1, 0.15) is 11.5 Å². The molecule has 0 spiro atoms. The van der Waals surface area contributed by atoms with E-state index in [1.54, 1.807) is 6.20 Å². The number of aromatic nitrogens is 1. The number of rotatable bonds is 3. The van der Waals surface area contributed by atoms with Crippen LogP contribution in [-0.2, 0) is 30.9 Å². The molecular weight excluding hydrogens is 414 g/mol. The average molecular weight is 446 g/mol. The Morgan fingerprint density at radius 1 is 0.909 bits per heavy atom. The van der Waals surface area contributed by atoms with Crippen LogP contribution in [0.1, 0.15) is 74.0 Å². The molecule has 0 atom stereocenters. The van der Waals surface area contributed by atoms with E-state index in [9.17, 15) is 9.90 Å². The van der Waals surface area contributed by atoms with E-state index in [4.69, 9.17) is 9.47 Å². The summed E-state index contributed by atoms with van der Waals surface area (Å²) in [5.74, 6) is -1.01. The predicted octanol–water partition coefficient (Wildman–Crippen LogP) is 5.39. The van der Waals surface area contributed by atoms with E-state index in [0.717, 1.165) is 11.1 Å². The summed E-state index contributed by atoms with van der Waals surface area (Å²) in [4.78, 5) is 16.9. The maximum atomic E-state index is 12.2. The van der Waals surface area contributed by atoms with Gasteiger partial charge in [0, 0.05) is 41.0 Å². The summed E-state index contributed by atoms with van der Waals surface area (Å²) in [5, 5.41) is 10.1. The normalized spacial score (nSPS) is 22.6. The number of ketones is 1. The van der Waals surface area contributed by atoms with Crippen molar-refractivity contribution in [3.8, 4) is 0 Å². The number of aliphatic hydroxyl groups is 1. The molecule has 172 valence electrons. The summed E-state index contributed by atoms with van der Waals surface area (Å²) in [7, 11) is 0. The van der Waals surface area contributed by atoms with Gasteiger partial charge in [0.05, 0.1) is 18.8 Å². The molecule has 2 aromatic rings. The molecule has 0 radical (unpaired) electrons. The minimum atomic E-state index is -1.10. The van der Waals surface area contributed by atoms with Crippen LogP contribution in [-0.4, -0.2) is 29.1 Å². The summed E-state index contributed by atoms with van der Waals surface area (Å²) in [5.41, 5.74) is 6.09. The van der Waals surface area contributed by atoms with Crippen molar-refractivity contribution in [2.24, 2.45) is 0 Å². The Bertz CT molecular complexity index is 1200. The minimum Gasteiger partial charge on any atom is -0.512 e. The van der Waals surface area contributed by atoms with Crippen molar-refractivity contribution in [2.75, 3.05) is 13.2 Å². The Labute approximate surface area is 195 Å². The van der Waals surface area contributed by atoms with Crippen LogP contribution in [0.2, 0.25) is 0 Å². The number of benzene rings is 1. The standard InChI is InChI=1S/C28H31NO4/c1-17-14-20-21(27(4,5)11-10-26(20,2)3)15-19(17)28(32-12-13-33-28)24-9-6-18(16-29-24)25-22(30)7-8-23(25)31/h6,9-11,14-16,30H,7-8,12-13H2,1-5H3. The highest BCUT2D eigenvalue weighted by atomic mass is 16.7. The average Bonchev–Trinajstić information content (AvgIpc) is 3.39. The van der Waals surface area contributed by atoms with Gasteiger partial charge in [0.2, 0.25) is 5.79 Å². The topological polar surface area (TPSA) is 68.7 Å². The Kier molecular flexibility index (Phi) is 4.93. The second-order valence-electron chi connectivity index (χ2n) is 10.5. The zero-order valence-electron chi connectivity index (χ0n) is 20.0. The number of aryl methyl sites for hydroxylation is 1. The quantitative estimate of drug-likeness (QED) is 0.641. The monoisotopic (exact) mass is 445 g/mol. The maximum Gasteiger partial charge on any atom is 0.240 e. The molecule has 5 heteroatoms. The molecule has 0 amide bonds. The first-order valence-corrected chi connectivity index (χ1v) is 11.6. The molecule has 2 aliphatic carbocycles. The van der Waals surface area contributed by atoms with Gasteiger partial charge in [-0.05, 0) is 35.7 Å². The van der Waals surface area contributed by atoms with Gasteiger partial charge in [0.25, 0.3) is 0 Å². The van der Waals surface area contributed by atoms with Crippen LogP contribution < -0.4 is 0 Å². The summed E-state index contributed by atoms with van der Waals surface area (Å²) in [6.07, 6.45) is 6.94. The molecule has 0 unspecified atom stereocenters. The van der Waals surface area contributed by atoms with Crippen LogP contribution in [0, 0.1) is 6.92 Å². The number of ether oxygens (including phenoxy) is 2. The summed E-state index contributed by atoms with van der Waals surface area (Å²) in [6, 6.07) is 8.16. The maximum absolute atomic E-state index is 12.2. The lowest BCUT2D eigenvalue weighted by Crippen LogP contribution is -2.34. The largest absolute Gasteiger partial charge is 0.512 e. The van der Waals surface area contributed by atoms with Gasteiger partial charge >= 0.3 is 0 Å². The first kappa shape index (κ1) is 22.1. The van der Waals surface area contributed by atoms with Crippen molar-refractivity contribution in [3.05, 3.63) is 81.9 Å². The highest BCUT2D eigenvalue weighted by molar-refractivity contribution is 6.23. The first-order valence-electron chi connectivity index (χ1n) is 11.6. The Hall–Kier alpha value is -2.76. The number of allylic oxidation sites excluding steroid dienone is 4. The number of carbonyl (C=O) groups excluding carboxylic acids is 1. The molecule has 5 nitrogen and oxygen atoms in total. The van der Waals surface area contributed by atoms with Crippen molar-refractivity contribution < 1.29 is 19.4 Å². The highest BCUT2D eigenvalue weighted by Gasteiger charge is 2.45. The zero-order valence-corrected chi connectivity index (χ0v) is 20.0. The molecule has 1 aromatic heterocycles. The number of Topliss-reactive ketones (excluding diaryl/α,β-unsaturated/α-hetero) is 1. The van der Waals surface area contributed by atoms with Crippen LogP contribution in [0.5, 0.6) is 0 Å². The lowest BCUT2D eigenvalue weighted by Gasteiger charge is -2.39. The van der Waals surface area contributed by atoms with Gasteiger partial charge in [-0.2, -0.15) is 0 Å². The highest BCUT2D eigenvalue weighted by Crippen LogP contribution is 2.46. The Morgan fingerprint density at radius 3 is 2.09 bits per heavy atom. The molecule has 3 aliphatic rings. The second kappa shape index (κ2) is 7.37. The number of aliphatic hydroxyl groups excluding tert-OH is 1. The van der Waals surface area contributed by atoms with Gasteiger partial charge in [-0.3, -0.25) is 9.78 Å². The fourth-order valence-electron chi connectivity index (χ4n) is 5.29. The molecule has 0 bridgehead atoms. The van der Waals surface area contributed by atoms with Crippen LogP contribution in [0.15, 0.2) is 48.4 Å². The fraction of sp³-hybridized carbons (Fsp3) is 0.429. The van der Waals surface area contributed by atoms with E-state index in [2.05, 4.69) is 63.9 Å². The van der Waals surface area contributed by atoms with Gasteiger partial charge in [-0.25, -0.2) is 0 Å². The predicted molar refractivity (Wildman–Crippen MR) is 127 cm³/mol. The smallest absolute Gasteiger partial charge is 0.240 e. The fourth-order valence-corrected chi connectivity index (χ4v) is 5.29. The molecule has 5 rings (SSSR count). The van der Waals surface area contributed by atoms with E-state index < -0.39 is 5.79 Å². The third-order valence-electron chi connectivity index (χ3n) is 7.26. The lowest BCUT2D eigenvalue weighted by atomic mass is 9.67.